The van der Waals surface area contributed by atoms with Crippen molar-refractivity contribution in [3.63, 3.8) is 0 Å². The van der Waals surface area contributed by atoms with Gasteiger partial charge in [-0.2, -0.15) is 0 Å². The number of hydrogen-bond acceptors (Lipinski definition) is 3. The SMILES string of the molecule is Cc1c(COC(C)C)cccc1NC(=O)N1CCCC(C(C)O)C1. The second-order valence-corrected chi connectivity index (χ2v) is 6.97. The Bertz CT molecular complexity index is 558. The predicted octanol–water partition coefficient (Wildman–Crippen LogP) is 3.54. The molecule has 1 heterocycles. The first-order valence-corrected chi connectivity index (χ1v) is 8.82. The van der Waals surface area contributed by atoms with Crippen LogP contribution in [0.5, 0.6) is 0 Å². The number of ether oxygens (including phenoxy) is 1. The number of likely N-dealkylation sites (tertiary alicyclic amines) is 1. The highest BCUT2D eigenvalue weighted by Gasteiger charge is 2.26. The van der Waals surface area contributed by atoms with Crippen LogP contribution in [0.3, 0.4) is 0 Å². The van der Waals surface area contributed by atoms with Gasteiger partial charge in [-0.05, 0) is 57.7 Å². The van der Waals surface area contributed by atoms with Gasteiger partial charge in [0, 0.05) is 24.7 Å². The third-order valence-electron chi connectivity index (χ3n) is 4.69. The predicted molar refractivity (Wildman–Crippen MR) is 96.1 cm³/mol. The van der Waals surface area contributed by atoms with Crippen molar-refractivity contribution in [2.45, 2.75) is 59.4 Å². The summed E-state index contributed by atoms with van der Waals surface area (Å²) in [6.45, 7) is 9.72. The third-order valence-corrected chi connectivity index (χ3v) is 4.69. The van der Waals surface area contributed by atoms with Gasteiger partial charge in [0.2, 0.25) is 0 Å². The van der Waals surface area contributed by atoms with Gasteiger partial charge in [-0.1, -0.05) is 12.1 Å². The molecule has 1 aromatic rings. The van der Waals surface area contributed by atoms with Crippen LogP contribution >= 0.6 is 0 Å². The molecule has 2 atom stereocenters. The Morgan fingerprint density at radius 1 is 1.42 bits per heavy atom. The Morgan fingerprint density at radius 2 is 2.17 bits per heavy atom. The van der Waals surface area contributed by atoms with Gasteiger partial charge in [0.25, 0.3) is 0 Å². The summed E-state index contributed by atoms with van der Waals surface area (Å²) >= 11 is 0. The molecule has 0 saturated carbocycles. The van der Waals surface area contributed by atoms with Crippen molar-refractivity contribution in [3.8, 4) is 0 Å². The number of amides is 2. The van der Waals surface area contributed by atoms with Crippen molar-refractivity contribution in [1.29, 1.82) is 0 Å². The van der Waals surface area contributed by atoms with Crippen LogP contribution in [0.15, 0.2) is 18.2 Å². The summed E-state index contributed by atoms with van der Waals surface area (Å²) in [7, 11) is 0. The molecular formula is C19H30N2O3. The van der Waals surface area contributed by atoms with E-state index in [0.29, 0.717) is 13.2 Å². The van der Waals surface area contributed by atoms with E-state index in [1.807, 2.05) is 39.0 Å². The van der Waals surface area contributed by atoms with Crippen molar-refractivity contribution < 1.29 is 14.6 Å². The summed E-state index contributed by atoms with van der Waals surface area (Å²) in [4.78, 5) is 14.4. The van der Waals surface area contributed by atoms with Gasteiger partial charge in [-0.25, -0.2) is 4.79 Å². The van der Waals surface area contributed by atoms with E-state index in [4.69, 9.17) is 4.74 Å². The Labute approximate surface area is 145 Å². The zero-order valence-corrected chi connectivity index (χ0v) is 15.2. The first-order valence-electron chi connectivity index (χ1n) is 8.82. The van der Waals surface area contributed by atoms with E-state index >= 15 is 0 Å². The first-order chi connectivity index (χ1) is 11.4. The van der Waals surface area contributed by atoms with Gasteiger partial charge in [-0.15, -0.1) is 0 Å². The lowest BCUT2D eigenvalue weighted by Gasteiger charge is -2.34. The van der Waals surface area contributed by atoms with Crippen molar-refractivity contribution in [1.82, 2.24) is 4.90 Å². The Balaban J connectivity index is 2.02. The molecule has 0 aliphatic carbocycles. The second-order valence-electron chi connectivity index (χ2n) is 6.97. The molecule has 0 bridgehead atoms. The van der Waals surface area contributed by atoms with Crippen LogP contribution in [0.2, 0.25) is 0 Å². The number of carbonyl (C=O) groups excluding carboxylic acids is 1. The number of nitrogens with one attached hydrogen (secondary N) is 1. The molecule has 5 heteroatoms. The lowest BCUT2D eigenvalue weighted by Crippen LogP contribution is -2.44. The number of aliphatic hydroxyl groups is 1. The normalized spacial score (nSPS) is 19.4. The number of rotatable bonds is 5. The molecule has 1 fully saturated rings. The Hall–Kier alpha value is -1.59. The third kappa shape index (κ3) is 4.95. The molecule has 0 radical (unpaired) electrons. The van der Waals surface area contributed by atoms with E-state index < -0.39 is 0 Å². The van der Waals surface area contributed by atoms with Crippen molar-refractivity contribution >= 4 is 11.7 Å². The van der Waals surface area contributed by atoms with E-state index in [9.17, 15) is 9.90 Å². The van der Waals surface area contributed by atoms with Crippen LogP contribution in [0.1, 0.15) is 44.7 Å². The lowest BCUT2D eigenvalue weighted by atomic mass is 9.94. The van der Waals surface area contributed by atoms with Gasteiger partial charge in [0.05, 0.1) is 18.8 Å². The van der Waals surface area contributed by atoms with Gasteiger partial charge in [0.1, 0.15) is 0 Å². The van der Waals surface area contributed by atoms with Crippen LogP contribution in [-0.2, 0) is 11.3 Å². The number of nitrogens with zero attached hydrogens (tertiary/aromatic N) is 1. The molecule has 2 amide bonds. The number of urea groups is 1. The van der Waals surface area contributed by atoms with E-state index in [-0.39, 0.29) is 24.2 Å². The molecule has 2 unspecified atom stereocenters. The Kier molecular flexibility index (Phi) is 6.63. The van der Waals surface area contributed by atoms with Crippen LogP contribution in [-0.4, -0.2) is 41.3 Å². The number of aliphatic hydroxyl groups excluding tert-OH is 1. The summed E-state index contributed by atoms with van der Waals surface area (Å²) in [6.07, 6.45) is 1.71. The summed E-state index contributed by atoms with van der Waals surface area (Å²) in [5.74, 6) is 0.163. The maximum absolute atomic E-state index is 12.6. The van der Waals surface area contributed by atoms with E-state index in [0.717, 1.165) is 36.2 Å². The highest BCUT2D eigenvalue weighted by molar-refractivity contribution is 5.90. The minimum absolute atomic E-state index is 0.0922. The molecule has 134 valence electrons. The quantitative estimate of drug-likeness (QED) is 0.866. The number of piperidine rings is 1. The molecule has 1 aromatic carbocycles. The highest BCUT2D eigenvalue weighted by atomic mass is 16.5. The summed E-state index contributed by atoms with van der Waals surface area (Å²) in [6, 6.07) is 5.79. The molecule has 1 aliphatic heterocycles. The van der Waals surface area contributed by atoms with Crippen molar-refractivity contribution in [2.75, 3.05) is 18.4 Å². The minimum atomic E-state index is -0.376. The molecule has 1 saturated heterocycles. The molecule has 24 heavy (non-hydrogen) atoms. The fourth-order valence-electron chi connectivity index (χ4n) is 3.01. The van der Waals surface area contributed by atoms with Gasteiger partial charge >= 0.3 is 6.03 Å². The minimum Gasteiger partial charge on any atom is -0.393 e. The monoisotopic (exact) mass is 334 g/mol. The average molecular weight is 334 g/mol. The number of benzene rings is 1. The van der Waals surface area contributed by atoms with Crippen LogP contribution in [0.4, 0.5) is 10.5 Å². The largest absolute Gasteiger partial charge is 0.393 e. The number of hydrogen-bond donors (Lipinski definition) is 2. The van der Waals surface area contributed by atoms with Gasteiger partial charge < -0.3 is 20.1 Å². The molecule has 2 rings (SSSR count). The lowest BCUT2D eigenvalue weighted by molar-refractivity contribution is 0.0654. The average Bonchev–Trinajstić information content (AvgIpc) is 2.55. The number of anilines is 1. The van der Waals surface area contributed by atoms with Crippen LogP contribution in [0, 0.1) is 12.8 Å². The fourth-order valence-corrected chi connectivity index (χ4v) is 3.01. The number of carbonyl (C=O) groups is 1. The summed E-state index contributed by atoms with van der Waals surface area (Å²) in [5.41, 5.74) is 2.95. The first kappa shape index (κ1) is 18.7. The molecule has 0 spiro atoms. The molecule has 2 N–H and O–H groups in total. The van der Waals surface area contributed by atoms with Gasteiger partial charge in [-0.3, -0.25) is 0 Å². The van der Waals surface area contributed by atoms with Gasteiger partial charge in [0.15, 0.2) is 0 Å². The molecule has 1 aliphatic rings. The standard InChI is InChI=1S/C19H30N2O3/c1-13(2)24-12-17-7-5-9-18(14(17)3)20-19(23)21-10-6-8-16(11-21)15(4)22/h5,7,9,13,15-16,22H,6,8,10-12H2,1-4H3,(H,20,23). The zero-order valence-electron chi connectivity index (χ0n) is 15.2. The van der Waals surface area contributed by atoms with Crippen LogP contribution < -0.4 is 5.32 Å². The van der Waals surface area contributed by atoms with E-state index in [1.54, 1.807) is 11.8 Å². The maximum atomic E-state index is 12.6. The fraction of sp³-hybridized carbons (Fsp3) is 0.632. The summed E-state index contributed by atoms with van der Waals surface area (Å²) in [5, 5.41) is 12.8. The molecule has 5 nitrogen and oxygen atoms in total. The zero-order chi connectivity index (χ0) is 17.7. The highest BCUT2D eigenvalue weighted by Crippen LogP contribution is 2.23. The topological polar surface area (TPSA) is 61.8 Å². The smallest absolute Gasteiger partial charge is 0.321 e. The van der Waals surface area contributed by atoms with E-state index in [1.165, 1.54) is 0 Å². The Morgan fingerprint density at radius 3 is 2.83 bits per heavy atom. The maximum Gasteiger partial charge on any atom is 0.321 e. The molecule has 0 aromatic heterocycles. The molecular weight excluding hydrogens is 304 g/mol. The van der Waals surface area contributed by atoms with Crippen molar-refractivity contribution in [3.05, 3.63) is 29.3 Å². The summed E-state index contributed by atoms with van der Waals surface area (Å²) < 4.78 is 5.67. The van der Waals surface area contributed by atoms with E-state index in [2.05, 4.69) is 5.32 Å². The van der Waals surface area contributed by atoms with Crippen molar-refractivity contribution in [2.24, 2.45) is 5.92 Å². The van der Waals surface area contributed by atoms with Crippen LogP contribution in [0.25, 0.3) is 0 Å². The second kappa shape index (κ2) is 8.49.